The van der Waals surface area contributed by atoms with Crippen molar-refractivity contribution in [3.05, 3.63) is 45.9 Å². The molecule has 0 fully saturated rings. The fraction of sp³-hybridized carbons (Fsp3) is 0.231. The SMILES string of the molecule is Cc1cnc(NC(=O)CCc2ccccc2Cl)s1. The Hall–Kier alpha value is -1.39. The van der Waals surface area contributed by atoms with Crippen LogP contribution in [0.2, 0.25) is 5.02 Å². The second-order valence-corrected chi connectivity index (χ2v) is 5.56. The van der Waals surface area contributed by atoms with E-state index in [-0.39, 0.29) is 5.91 Å². The van der Waals surface area contributed by atoms with Gasteiger partial charge in [-0.15, -0.1) is 11.3 Å². The fourth-order valence-electron chi connectivity index (χ4n) is 1.54. The Balaban J connectivity index is 1.87. The van der Waals surface area contributed by atoms with Crippen LogP contribution in [0.4, 0.5) is 5.13 Å². The summed E-state index contributed by atoms with van der Waals surface area (Å²) in [5, 5.41) is 4.13. The second kappa shape index (κ2) is 5.98. The molecule has 2 aromatic rings. The maximum atomic E-state index is 11.7. The molecule has 0 saturated carbocycles. The summed E-state index contributed by atoms with van der Waals surface area (Å²) in [6, 6.07) is 7.57. The van der Waals surface area contributed by atoms with Crippen LogP contribution in [0.25, 0.3) is 0 Å². The van der Waals surface area contributed by atoms with E-state index in [0.29, 0.717) is 23.0 Å². The quantitative estimate of drug-likeness (QED) is 0.928. The Kier molecular flexibility index (Phi) is 4.33. The second-order valence-electron chi connectivity index (χ2n) is 3.92. The summed E-state index contributed by atoms with van der Waals surface area (Å²) in [6.45, 7) is 1.96. The molecular formula is C13H13ClN2OS. The number of carbonyl (C=O) groups is 1. The maximum Gasteiger partial charge on any atom is 0.226 e. The van der Waals surface area contributed by atoms with Crippen molar-refractivity contribution in [2.45, 2.75) is 19.8 Å². The lowest BCUT2D eigenvalue weighted by molar-refractivity contribution is -0.116. The van der Waals surface area contributed by atoms with E-state index < -0.39 is 0 Å². The summed E-state index contributed by atoms with van der Waals surface area (Å²) in [5.41, 5.74) is 0.990. The first kappa shape index (κ1) is 13.1. The average Bonchev–Trinajstić information content (AvgIpc) is 2.74. The number of thiazole rings is 1. The number of nitrogens with one attached hydrogen (secondary N) is 1. The van der Waals surface area contributed by atoms with E-state index in [4.69, 9.17) is 11.6 Å². The molecule has 1 aromatic heterocycles. The third kappa shape index (κ3) is 3.55. The van der Waals surface area contributed by atoms with Crippen molar-refractivity contribution in [3.8, 4) is 0 Å². The van der Waals surface area contributed by atoms with Gasteiger partial charge in [-0.2, -0.15) is 0 Å². The molecule has 2 rings (SSSR count). The Morgan fingerprint density at radius 2 is 2.22 bits per heavy atom. The molecule has 1 heterocycles. The topological polar surface area (TPSA) is 42.0 Å². The molecular weight excluding hydrogens is 268 g/mol. The van der Waals surface area contributed by atoms with E-state index in [1.165, 1.54) is 11.3 Å². The summed E-state index contributed by atoms with van der Waals surface area (Å²) in [7, 11) is 0. The minimum Gasteiger partial charge on any atom is -0.302 e. The minimum absolute atomic E-state index is 0.0377. The lowest BCUT2D eigenvalue weighted by Crippen LogP contribution is -2.12. The Labute approximate surface area is 115 Å². The monoisotopic (exact) mass is 280 g/mol. The van der Waals surface area contributed by atoms with Crippen LogP contribution in [0.1, 0.15) is 16.9 Å². The van der Waals surface area contributed by atoms with Crippen LogP contribution in [-0.2, 0) is 11.2 Å². The number of benzene rings is 1. The molecule has 0 bridgehead atoms. The predicted molar refractivity (Wildman–Crippen MR) is 75.3 cm³/mol. The number of aryl methyl sites for hydroxylation is 2. The van der Waals surface area contributed by atoms with Gasteiger partial charge in [0.1, 0.15) is 0 Å². The minimum atomic E-state index is -0.0377. The van der Waals surface area contributed by atoms with E-state index in [2.05, 4.69) is 10.3 Å². The van der Waals surface area contributed by atoms with Crippen LogP contribution >= 0.6 is 22.9 Å². The number of rotatable bonds is 4. The highest BCUT2D eigenvalue weighted by molar-refractivity contribution is 7.15. The van der Waals surface area contributed by atoms with Crippen LogP contribution < -0.4 is 5.32 Å². The van der Waals surface area contributed by atoms with Gasteiger partial charge in [0.05, 0.1) is 0 Å². The van der Waals surface area contributed by atoms with E-state index in [1.54, 1.807) is 6.20 Å². The van der Waals surface area contributed by atoms with Gasteiger partial charge < -0.3 is 5.32 Å². The van der Waals surface area contributed by atoms with Crippen molar-refractivity contribution in [3.63, 3.8) is 0 Å². The molecule has 94 valence electrons. The summed E-state index contributed by atoms with van der Waals surface area (Å²) < 4.78 is 0. The first-order valence-corrected chi connectivity index (χ1v) is 6.80. The van der Waals surface area contributed by atoms with E-state index in [9.17, 15) is 4.79 Å². The van der Waals surface area contributed by atoms with Gasteiger partial charge in [0.15, 0.2) is 5.13 Å². The predicted octanol–water partition coefficient (Wildman–Crippen LogP) is 3.68. The molecule has 0 aliphatic rings. The molecule has 0 saturated heterocycles. The third-order valence-corrected chi connectivity index (χ3v) is 3.64. The summed E-state index contributed by atoms with van der Waals surface area (Å²) >= 11 is 7.50. The van der Waals surface area contributed by atoms with Gasteiger partial charge in [-0.3, -0.25) is 4.79 Å². The largest absolute Gasteiger partial charge is 0.302 e. The highest BCUT2D eigenvalue weighted by Gasteiger charge is 2.07. The number of hydrogen-bond acceptors (Lipinski definition) is 3. The van der Waals surface area contributed by atoms with Crippen LogP contribution in [0.3, 0.4) is 0 Å². The highest BCUT2D eigenvalue weighted by Crippen LogP contribution is 2.19. The molecule has 0 aliphatic carbocycles. The molecule has 0 atom stereocenters. The molecule has 18 heavy (non-hydrogen) atoms. The van der Waals surface area contributed by atoms with Crippen molar-refractivity contribution in [1.82, 2.24) is 4.98 Å². The van der Waals surface area contributed by atoms with Crippen LogP contribution in [0.5, 0.6) is 0 Å². The first-order valence-electron chi connectivity index (χ1n) is 5.61. The third-order valence-electron chi connectivity index (χ3n) is 2.45. The van der Waals surface area contributed by atoms with Crippen LogP contribution in [0, 0.1) is 6.92 Å². The maximum absolute atomic E-state index is 11.7. The normalized spacial score (nSPS) is 10.3. The van der Waals surface area contributed by atoms with Gasteiger partial charge in [-0.1, -0.05) is 29.8 Å². The summed E-state index contributed by atoms with van der Waals surface area (Å²) in [4.78, 5) is 16.9. The molecule has 0 unspecified atom stereocenters. The Bertz CT molecular complexity index is 553. The number of nitrogens with zero attached hydrogens (tertiary/aromatic N) is 1. The molecule has 0 radical (unpaired) electrons. The molecule has 1 N–H and O–H groups in total. The zero-order chi connectivity index (χ0) is 13.0. The number of halogens is 1. The van der Waals surface area contributed by atoms with Gasteiger partial charge in [-0.05, 0) is 25.0 Å². The van der Waals surface area contributed by atoms with E-state index in [0.717, 1.165) is 10.4 Å². The smallest absolute Gasteiger partial charge is 0.226 e. The molecule has 0 spiro atoms. The number of amides is 1. The van der Waals surface area contributed by atoms with Crippen molar-refractivity contribution < 1.29 is 4.79 Å². The molecule has 1 aromatic carbocycles. The lowest BCUT2D eigenvalue weighted by Gasteiger charge is -2.03. The van der Waals surface area contributed by atoms with E-state index >= 15 is 0 Å². The Morgan fingerprint density at radius 1 is 1.44 bits per heavy atom. The fourth-order valence-corrected chi connectivity index (χ4v) is 2.45. The van der Waals surface area contributed by atoms with Gasteiger partial charge >= 0.3 is 0 Å². The number of aromatic nitrogens is 1. The number of anilines is 1. The van der Waals surface area contributed by atoms with Gasteiger partial charge in [0.25, 0.3) is 0 Å². The Morgan fingerprint density at radius 3 is 2.89 bits per heavy atom. The first-order chi connectivity index (χ1) is 8.65. The van der Waals surface area contributed by atoms with E-state index in [1.807, 2.05) is 31.2 Å². The zero-order valence-electron chi connectivity index (χ0n) is 9.94. The lowest BCUT2D eigenvalue weighted by atomic mass is 10.1. The van der Waals surface area contributed by atoms with Crippen molar-refractivity contribution in [2.24, 2.45) is 0 Å². The van der Waals surface area contributed by atoms with Gasteiger partial charge in [-0.25, -0.2) is 4.98 Å². The van der Waals surface area contributed by atoms with Crippen LogP contribution in [-0.4, -0.2) is 10.9 Å². The van der Waals surface area contributed by atoms with Crippen molar-refractivity contribution >= 4 is 34.0 Å². The standard InChI is InChI=1S/C13H13ClN2OS/c1-9-8-15-13(18-9)16-12(17)7-6-10-4-2-3-5-11(10)14/h2-5,8H,6-7H2,1H3,(H,15,16,17). The summed E-state index contributed by atoms with van der Waals surface area (Å²) in [5.74, 6) is -0.0377. The van der Waals surface area contributed by atoms with Crippen LogP contribution in [0.15, 0.2) is 30.5 Å². The molecule has 0 aliphatic heterocycles. The molecule has 1 amide bonds. The highest BCUT2D eigenvalue weighted by atomic mass is 35.5. The van der Waals surface area contributed by atoms with Gasteiger partial charge in [0, 0.05) is 22.5 Å². The van der Waals surface area contributed by atoms with Crippen molar-refractivity contribution in [2.75, 3.05) is 5.32 Å². The number of hydrogen-bond donors (Lipinski definition) is 1. The summed E-state index contributed by atoms with van der Waals surface area (Å²) in [6.07, 6.45) is 2.78. The molecule has 5 heteroatoms. The number of carbonyl (C=O) groups excluding carboxylic acids is 1. The van der Waals surface area contributed by atoms with Crippen molar-refractivity contribution in [1.29, 1.82) is 0 Å². The molecule has 3 nitrogen and oxygen atoms in total. The average molecular weight is 281 g/mol. The van der Waals surface area contributed by atoms with Gasteiger partial charge in [0.2, 0.25) is 5.91 Å². The zero-order valence-corrected chi connectivity index (χ0v) is 11.5.